The average Bonchev–Trinajstić information content (AvgIpc) is 1.81. The Morgan fingerprint density at radius 1 is 1.75 bits per heavy atom. The number of aliphatic imine (C=N–C) groups is 1. The second-order valence-electron chi connectivity index (χ2n) is 0.968. The van der Waals surface area contributed by atoms with Crippen molar-refractivity contribution >= 4 is 24.8 Å². The van der Waals surface area contributed by atoms with Crippen LogP contribution in [0.4, 0.5) is 0 Å². The van der Waals surface area contributed by atoms with Crippen molar-refractivity contribution in [3.8, 4) is 0 Å². The average molecular weight is 129 g/mol. The molecule has 0 radical (unpaired) electrons. The molecule has 0 aliphatic heterocycles. The first-order chi connectivity index (χ1) is 3.91. The van der Waals surface area contributed by atoms with Gasteiger partial charge in [0.25, 0.3) is 0 Å². The molecule has 3 heteroatoms. The molecule has 0 heterocycles. The zero-order valence-electron chi connectivity index (χ0n) is 4.41. The Hall–Kier alpha value is -0.570. The van der Waals surface area contributed by atoms with Crippen LogP contribution in [0.5, 0.6) is 0 Å². The lowest BCUT2D eigenvalue weighted by Gasteiger charge is -1.77. The lowest BCUT2D eigenvalue weighted by molar-refractivity contribution is -0.105. The zero-order chi connectivity index (χ0) is 6.24. The molecule has 0 rings (SSSR count). The zero-order valence-corrected chi connectivity index (χ0v) is 5.23. The summed E-state index contributed by atoms with van der Waals surface area (Å²) in [6.45, 7) is 3.22. The van der Waals surface area contributed by atoms with Crippen LogP contribution >= 0.6 is 11.8 Å². The van der Waals surface area contributed by atoms with Crippen molar-refractivity contribution in [2.24, 2.45) is 4.99 Å². The van der Waals surface area contributed by atoms with Crippen LogP contribution in [0.2, 0.25) is 0 Å². The van der Waals surface area contributed by atoms with Crippen LogP contribution in [0.15, 0.2) is 16.6 Å². The van der Waals surface area contributed by atoms with Crippen molar-refractivity contribution in [1.82, 2.24) is 0 Å². The second kappa shape index (κ2) is 6.43. The van der Waals surface area contributed by atoms with Crippen molar-refractivity contribution in [2.75, 3.05) is 5.75 Å². The Morgan fingerprint density at radius 2 is 2.50 bits per heavy atom. The monoisotopic (exact) mass is 129 g/mol. The fourth-order valence-corrected chi connectivity index (χ4v) is 0.543. The maximum atomic E-state index is 9.67. The summed E-state index contributed by atoms with van der Waals surface area (Å²) in [5.41, 5.74) is 0. The molecule has 0 bridgehead atoms. The predicted octanol–water partition coefficient (Wildman–Crippen LogP) is 1.09. The van der Waals surface area contributed by atoms with Gasteiger partial charge < -0.3 is 4.79 Å². The molecular weight excluding hydrogens is 122 g/mol. The fraction of sp³-hybridized carbons (Fsp3) is 0.200. The minimum absolute atomic E-state index is 0.492. The van der Waals surface area contributed by atoms with Gasteiger partial charge in [0.15, 0.2) is 0 Å². The lowest BCUT2D eigenvalue weighted by atomic mass is 10.9. The molecule has 0 saturated carbocycles. The van der Waals surface area contributed by atoms with Crippen molar-refractivity contribution in [3.05, 3.63) is 11.6 Å². The fourth-order valence-electron chi connectivity index (χ4n) is 0.181. The van der Waals surface area contributed by atoms with Crippen molar-refractivity contribution in [3.63, 3.8) is 0 Å². The third-order valence-electron chi connectivity index (χ3n) is 0.427. The Balaban J connectivity index is 3.02. The summed E-state index contributed by atoms with van der Waals surface area (Å²) in [6.07, 6.45) is 2.40. The van der Waals surface area contributed by atoms with Gasteiger partial charge in [-0.1, -0.05) is 0 Å². The summed E-state index contributed by atoms with van der Waals surface area (Å²) in [6, 6.07) is 0. The van der Waals surface area contributed by atoms with Crippen LogP contribution in [-0.2, 0) is 4.79 Å². The van der Waals surface area contributed by atoms with Gasteiger partial charge in [0.2, 0.25) is 0 Å². The summed E-state index contributed by atoms with van der Waals surface area (Å²) in [4.78, 5) is 13.1. The number of aldehydes is 1. The summed E-state index contributed by atoms with van der Waals surface area (Å²) in [5.74, 6) is 0.492. The highest BCUT2D eigenvalue weighted by atomic mass is 32.2. The molecule has 0 aliphatic carbocycles. The molecular formula is C5H7NOS. The van der Waals surface area contributed by atoms with Gasteiger partial charge in [-0.3, -0.25) is 4.99 Å². The predicted molar refractivity (Wildman–Crippen MR) is 37.2 cm³/mol. The maximum Gasteiger partial charge on any atom is 0.130 e. The van der Waals surface area contributed by atoms with E-state index in [0.29, 0.717) is 5.75 Å². The molecule has 0 aromatic carbocycles. The number of thioether (sulfide) groups is 1. The van der Waals surface area contributed by atoms with Crippen LogP contribution < -0.4 is 0 Å². The Labute approximate surface area is 52.7 Å². The number of carbonyl (C=O) groups excluding carboxylic acids is 1. The minimum atomic E-state index is 0.492. The normalized spacial score (nSPS) is 9.50. The van der Waals surface area contributed by atoms with E-state index >= 15 is 0 Å². The van der Waals surface area contributed by atoms with Gasteiger partial charge >= 0.3 is 0 Å². The quantitative estimate of drug-likeness (QED) is 0.323. The Bertz CT molecular complexity index is 101. The lowest BCUT2D eigenvalue weighted by Crippen LogP contribution is -1.71. The third kappa shape index (κ3) is 5.43. The summed E-state index contributed by atoms with van der Waals surface area (Å²) >= 11 is 1.40. The van der Waals surface area contributed by atoms with Crippen LogP contribution in [0.25, 0.3) is 0 Å². The number of nitrogens with zero attached hydrogens (tertiary/aromatic N) is 1. The molecule has 0 aromatic rings. The Kier molecular flexibility index (Phi) is 5.97. The molecule has 0 N–H and O–H groups in total. The highest BCUT2D eigenvalue weighted by molar-refractivity contribution is 8.02. The molecule has 0 unspecified atom stereocenters. The van der Waals surface area contributed by atoms with E-state index in [9.17, 15) is 4.79 Å². The standard InChI is InChI=1S/C5H7NOS/c1-6-2-4-8-5-3-7/h2-4H,1,5H2/b4-2-. The topological polar surface area (TPSA) is 29.4 Å². The Morgan fingerprint density at radius 3 is 3.00 bits per heavy atom. The van der Waals surface area contributed by atoms with E-state index in [2.05, 4.69) is 11.7 Å². The van der Waals surface area contributed by atoms with Crippen molar-refractivity contribution < 1.29 is 4.79 Å². The smallest absolute Gasteiger partial charge is 0.130 e. The number of carbonyl (C=O) groups is 1. The minimum Gasteiger partial charge on any atom is -0.302 e. The maximum absolute atomic E-state index is 9.67. The van der Waals surface area contributed by atoms with Gasteiger partial charge in [-0.2, -0.15) is 0 Å². The molecule has 44 valence electrons. The highest BCUT2D eigenvalue weighted by Gasteiger charge is 1.73. The van der Waals surface area contributed by atoms with E-state index in [1.54, 1.807) is 11.6 Å². The highest BCUT2D eigenvalue weighted by Crippen LogP contribution is 1.97. The van der Waals surface area contributed by atoms with Crippen LogP contribution in [0.1, 0.15) is 0 Å². The first-order valence-corrected chi connectivity index (χ1v) is 3.12. The van der Waals surface area contributed by atoms with E-state index in [-0.39, 0.29) is 0 Å². The van der Waals surface area contributed by atoms with Gasteiger partial charge in [0.1, 0.15) is 6.29 Å². The van der Waals surface area contributed by atoms with E-state index in [1.165, 1.54) is 11.8 Å². The van der Waals surface area contributed by atoms with Crippen LogP contribution in [0.3, 0.4) is 0 Å². The van der Waals surface area contributed by atoms with Gasteiger partial charge in [0.05, 0.1) is 5.75 Å². The molecule has 0 atom stereocenters. The van der Waals surface area contributed by atoms with E-state index in [4.69, 9.17) is 0 Å². The summed E-state index contributed by atoms with van der Waals surface area (Å²) in [7, 11) is 0. The summed E-state index contributed by atoms with van der Waals surface area (Å²) in [5, 5.41) is 1.72. The first kappa shape index (κ1) is 7.43. The van der Waals surface area contributed by atoms with Crippen molar-refractivity contribution in [1.29, 1.82) is 0 Å². The van der Waals surface area contributed by atoms with E-state index in [1.807, 2.05) is 0 Å². The summed E-state index contributed by atoms with van der Waals surface area (Å²) < 4.78 is 0. The largest absolute Gasteiger partial charge is 0.302 e. The molecule has 0 spiro atoms. The number of rotatable bonds is 4. The van der Waals surface area contributed by atoms with Gasteiger partial charge in [-0.15, -0.1) is 11.8 Å². The molecule has 0 fully saturated rings. The number of hydrogen-bond donors (Lipinski definition) is 0. The first-order valence-electron chi connectivity index (χ1n) is 2.08. The third-order valence-corrected chi connectivity index (χ3v) is 1.07. The van der Waals surface area contributed by atoms with Crippen LogP contribution in [0, 0.1) is 0 Å². The van der Waals surface area contributed by atoms with E-state index < -0.39 is 0 Å². The van der Waals surface area contributed by atoms with Crippen molar-refractivity contribution in [2.45, 2.75) is 0 Å². The molecule has 0 aromatic heterocycles. The van der Waals surface area contributed by atoms with Gasteiger partial charge in [-0.05, 0) is 12.1 Å². The molecule has 0 aliphatic rings. The van der Waals surface area contributed by atoms with E-state index in [0.717, 1.165) is 6.29 Å². The van der Waals surface area contributed by atoms with Crippen LogP contribution in [-0.4, -0.2) is 18.8 Å². The van der Waals surface area contributed by atoms with Gasteiger partial charge in [-0.25, -0.2) is 0 Å². The second-order valence-corrected chi connectivity index (χ2v) is 1.91. The molecule has 2 nitrogen and oxygen atoms in total. The molecule has 8 heavy (non-hydrogen) atoms. The SMILES string of the molecule is C=N/C=C\SCC=O. The number of hydrogen-bond acceptors (Lipinski definition) is 3. The molecule has 0 amide bonds. The molecule has 0 saturated heterocycles. The van der Waals surface area contributed by atoms with Gasteiger partial charge in [0, 0.05) is 6.20 Å².